The van der Waals surface area contributed by atoms with Gasteiger partial charge in [-0.3, -0.25) is 0 Å². The van der Waals surface area contributed by atoms with Gasteiger partial charge >= 0.3 is 0 Å². The number of rotatable bonds is 7. The first-order valence-electron chi connectivity index (χ1n) is 21.6. The molecule has 0 saturated carbocycles. The van der Waals surface area contributed by atoms with Crippen molar-refractivity contribution in [2.45, 2.75) is 19.3 Å². The van der Waals surface area contributed by atoms with E-state index in [0.717, 1.165) is 57.2 Å². The molecule has 1 aliphatic rings. The van der Waals surface area contributed by atoms with Crippen molar-refractivity contribution in [2.75, 3.05) is 4.90 Å². The molecule has 294 valence electrons. The van der Waals surface area contributed by atoms with Gasteiger partial charge in [-0.2, -0.15) is 0 Å². The average Bonchev–Trinajstić information content (AvgIpc) is 3.89. The van der Waals surface area contributed by atoms with E-state index in [1.54, 1.807) is 0 Å². The predicted octanol–water partition coefficient (Wildman–Crippen LogP) is 16.7. The van der Waals surface area contributed by atoms with Gasteiger partial charge in [0.1, 0.15) is 11.3 Å². The van der Waals surface area contributed by atoms with E-state index in [2.05, 4.69) is 235 Å². The van der Waals surface area contributed by atoms with Gasteiger partial charge in [-0.05, 0) is 112 Å². The SMILES string of the molecule is CC1CC=Cc2oc3cccc(-c4cccc(N(c5ccccc5-c5cccc6cccc(-c7ccccc7)c56)c5cccc6c5c5ccccc5n6-c5ccccc5)c4)c3c21. The zero-order chi connectivity index (χ0) is 41.1. The Labute approximate surface area is 361 Å². The van der Waals surface area contributed by atoms with Crippen LogP contribution in [0.3, 0.4) is 0 Å². The Hall–Kier alpha value is -7.88. The fourth-order valence-electron chi connectivity index (χ4n) is 10.1. The van der Waals surface area contributed by atoms with E-state index in [1.165, 1.54) is 60.3 Å². The Bertz CT molecular complexity index is 3510. The standard InChI is InChI=1S/C59H42N2O/c1-39-18-12-36-54-56(39)59-46(30-16-37-55(59)62-54)42-23-13-26-44(38-42)61(53-35-17-34-52-58(53)49-28-9-11-33-51(49)60(52)43-24-6-3-7-25-43)50-32-10-8-27-47(50)48-31-15-22-41-21-14-29-45(57(41)48)40-19-4-2-5-20-40/h2-17,19-39H,18H2,1H3. The quantitative estimate of drug-likeness (QED) is 0.160. The maximum absolute atomic E-state index is 6.51. The summed E-state index contributed by atoms with van der Waals surface area (Å²) in [6.45, 7) is 2.31. The summed E-state index contributed by atoms with van der Waals surface area (Å²) >= 11 is 0. The molecule has 12 rings (SSSR count). The Morgan fingerprint density at radius 2 is 1.13 bits per heavy atom. The lowest BCUT2D eigenvalue weighted by atomic mass is 9.88. The van der Waals surface area contributed by atoms with E-state index < -0.39 is 0 Å². The van der Waals surface area contributed by atoms with Crippen LogP contribution in [0.4, 0.5) is 17.1 Å². The molecule has 3 heteroatoms. The molecule has 0 saturated heterocycles. The summed E-state index contributed by atoms with van der Waals surface area (Å²) in [7, 11) is 0. The van der Waals surface area contributed by atoms with Crippen LogP contribution in [0.15, 0.2) is 217 Å². The van der Waals surface area contributed by atoms with Crippen molar-refractivity contribution < 1.29 is 4.42 Å². The molecule has 9 aromatic carbocycles. The molecule has 0 bridgehead atoms. The van der Waals surface area contributed by atoms with Crippen LogP contribution in [0, 0.1) is 0 Å². The van der Waals surface area contributed by atoms with Crippen molar-refractivity contribution >= 4 is 66.7 Å². The maximum atomic E-state index is 6.51. The van der Waals surface area contributed by atoms with Gasteiger partial charge in [-0.15, -0.1) is 0 Å². The number of aromatic nitrogens is 1. The third-order valence-corrected chi connectivity index (χ3v) is 12.8. The summed E-state index contributed by atoms with van der Waals surface area (Å²) in [4.78, 5) is 2.50. The first kappa shape index (κ1) is 36.0. The number of hydrogen-bond donors (Lipinski definition) is 0. The Morgan fingerprint density at radius 3 is 1.98 bits per heavy atom. The lowest BCUT2D eigenvalue weighted by Crippen LogP contribution is -2.12. The maximum Gasteiger partial charge on any atom is 0.135 e. The number of hydrogen-bond acceptors (Lipinski definition) is 2. The summed E-state index contributed by atoms with van der Waals surface area (Å²) in [5, 5.41) is 6.05. The number of anilines is 3. The third-order valence-electron chi connectivity index (χ3n) is 12.8. The molecule has 1 unspecified atom stereocenters. The number of fused-ring (bicyclic) bond motifs is 7. The number of benzene rings is 9. The van der Waals surface area contributed by atoms with Crippen molar-refractivity contribution in [1.29, 1.82) is 0 Å². The minimum atomic E-state index is 0.366. The van der Waals surface area contributed by atoms with E-state index in [9.17, 15) is 0 Å². The van der Waals surface area contributed by atoms with Gasteiger partial charge in [0.15, 0.2) is 0 Å². The summed E-state index contributed by atoms with van der Waals surface area (Å²) in [6, 6.07) is 75.1. The summed E-state index contributed by atoms with van der Waals surface area (Å²) in [5.41, 5.74) is 16.1. The molecule has 0 spiro atoms. The monoisotopic (exact) mass is 794 g/mol. The molecule has 2 heterocycles. The van der Waals surface area contributed by atoms with Crippen LogP contribution in [0.5, 0.6) is 0 Å². The van der Waals surface area contributed by atoms with Gasteiger partial charge in [0.2, 0.25) is 0 Å². The fraction of sp³-hybridized carbons (Fsp3) is 0.0508. The highest BCUT2D eigenvalue weighted by molar-refractivity contribution is 6.18. The highest BCUT2D eigenvalue weighted by Gasteiger charge is 2.26. The molecule has 0 fully saturated rings. The van der Waals surface area contributed by atoms with Crippen LogP contribution in [-0.2, 0) is 0 Å². The first-order chi connectivity index (χ1) is 30.7. The van der Waals surface area contributed by atoms with Crippen LogP contribution in [0.25, 0.3) is 88.7 Å². The summed E-state index contributed by atoms with van der Waals surface area (Å²) < 4.78 is 8.92. The highest BCUT2D eigenvalue weighted by atomic mass is 16.3. The van der Waals surface area contributed by atoms with Crippen LogP contribution in [-0.4, -0.2) is 4.57 Å². The molecule has 62 heavy (non-hydrogen) atoms. The molecule has 3 nitrogen and oxygen atoms in total. The normalized spacial score (nSPS) is 13.6. The molecule has 1 aliphatic carbocycles. The number of para-hydroxylation sites is 3. The minimum absolute atomic E-state index is 0.366. The van der Waals surface area contributed by atoms with Crippen molar-refractivity contribution in [3.8, 4) is 39.1 Å². The fourth-order valence-corrected chi connectivity index (χ4v) is 10.1. The molecule has 0 N–H and O–H groups in total. The molecule has 0 aliphatic heterocycles. The largest absolute Gasteiger partial charge is 0.456 e. The van der Waals surface area contributed by atoms with Crippen LogP contribution in [0.2, 0.25) is 0 Å². The smallest absolute Gasteiger partial charge is 0.135 e. The average molecular weight is 795 g/mol. The van der Waals surface area contributed by atoms with E-state index in [-0.39, 0.29) is 0 Å². The zero-order valence-electron chi connectivity index (χ0n) is 34.4. The van der Waals surface area contributed by atoms with Gasteiger partial charge in [-0.25, -0.2) is 0 Å². The van der Waals surface area contributed by atoms with E-state index in [1.807, 2.05) is 0 Å². The summed E-state index contributed by atoms with van der Waals surface area (Å²) in [6.07, 6.45) is 5.39. The molecular formula is C59H42N2O. The van der Waals surface area contributed by atoms with Crippen molar-refractivity contribution in [1.82, 2.24) is 4.57 Å². The third kappa shape index (κ3) is 5.73. The Balaban J connectivity index is 1.16. The topological polar surface area (TPSA) is 21.3 Å². The predicted molar refractivity (Wildman–Crippen MR) is 261 cm³/mol. The van der Waals surface area contributed by atoms with Gasteiger partial charge in [0.25, 0.3) is 0 Å². The highest BCUT2D eigenvalue weighted by Crippen LogP contribution is 2.49. The van der Waals surface area contributed by atoms with Crippen molar-refractivity contribution in [3.05, 3.63) is 224 Å². The number of allylic oxidation sites excluding steroid dienone is 1. The molecular weight excluding hydrogens is 753 g/mol. The van der Waals surface area contributed by atoms with Gasteiger partial charge in [-0.1, -0.05) is 165 Å². The Kier molecular flexibility index (Phi) is 8.53. The number of nitrogens with zero attached hydrogens (tertiary/aromatic N) is 2. The lowest BCUT2D eigenvalue weighted by Gasteiger charge is -2.29. The molecule has 0 amide bonds. The molecule has 2 aromatic heterocycles. The van der Waals surface area contributed by atoms with E-state index >= 15 is 0 Å². The molecule has 0 radical (unpaired) electrons. The second-order valence-corrected chi connectivity index (χ2v) is 16.4. The van der Waals surface area contributed by atoms with Crippen molar-refractivity contribution in [3.63, 3.8) is 0 Å². The molecule has 11 aromatic rings. The van der Waals surface area contributed by atoms with E-state index in [0.29, 0.717) is 5.92 Å². The summed E-state index contributed by atoms with van der Waals surface area (Å²) in [5.74, 6) is 1.34. The second kappa shape index (κ2) is 14.7. The Morgan fingerprint density at radius 1 is 0.500 bits per heavy atom. The van der Waals surface area contributed by atoms with Crippen LogP contribution in [0.1, 0.15) is 30.6 Å². The van der Waals surface area contributed by atoms with Gasteiger partial charge < -0.3 is 13.9 Å². The van der Waals surface area contributed by atoms with Crippen LogP contribution >= 0.6 is 0 Å². The van der Waals surface area contributed by atoms with Gasteiger partial charge in [0, 0.05) is 38.7 Å². The molecule has 1 atom stereocenters. The second-order valence-electron chi connectivity index (χ2n) is 16.4. The van der Waals surface area contributed by atoms with Crippen molar-refractivity contribution in [2.24, 2.45) is 0 Å². The zero-order valence-corrected chi connectivity index (χ0v) is 34.4. The van der Waals surface area contributed by atoms with E-state index in [4.69, 9.17) is 4.42 Å². The number of furan rings is 1. The van der Waals surface area contributed by atoms with Gasteiger partial charge in [0.05, 0.1) is 22.4 Å². The minimum Gasteiger partial charge on any atom is -0.456 e. The van der Waals surface area contributed by atoms with Crippen LogP contribution < -0.4 is 4.90 Å². The first-order valence-corrected chi connectivity index (χ1v) is 21.6. The lowest BCUT2D eigenvalue weighted by molar-refractivity contribution is 0.586.